The average Bonchev–Trinajstić information content (AvgIpc) is 2.98. The van der Waals surface area contributed by atoms with E-state index >= 15 is 0 Å². The molecule has 1 heterocycles. The predicted octanol–water partition coefficient (Wildman–Crippen LogP) is 2.46. The van der Waals surface area contributed by atoms with Gasteiger partial charge in [0.05, 0.1) is 16.5 Å². The molecule has 0 bridgehead atoms. The summed E-state index contributed by atoms with van der Waals surface area (Å²) >= 11 is 0. The first-order valence-electron chi connectivity index (χ1n) is 7.40. The highest BCUT2D eigenvalue weighted by atomic mass is 32.2. The zero-order valence-corrected chi connectivity index (χ0v) is 14.1. The van der Waals surface area contributed by atoms with E-state index in [1.54, 1.807) is 12.1 Å². The number of nitrogens with zero attached hydrogens (tertiary/aromatic N) is 1. The molecule has 124 valence electrons. The molecule has 0 saturated heterocycles. The third-order valence-corrected chi connectivity index (χ3v) is 4.97. The highest BCUT2D eigenvalue weighted by Crippen LogP contribution is 2.19. The van der Waals surface area contributed by atoms with Crippen molar-refractivity contribution in [2.45, 2.75) is 17.9 Å². The van der Waals surface area contributed by atoms with Crippen molar-refractivity contribution in [3.8, 4) is 0 Å². The SMILES string of the molecule is C[C@@H](NC(=O)c1n[nH]c2ccccc12)c1ccc(S(C)(=O)=O)cc1. The van der Waals surface area contributed by atoms with Crippen LogP contribution in [-0.4, -0.2) is 30.8 Å². The Morgan fingerprint density at radius 2 is 1.79 bits per heavy atom. The van der Waals surface area contributed by atoms with Gasteiger partial charge in [0.25, 0.3) is 5.91 Å². The third kappa shape index (κ3) is 3.16. The van der Waals surface area contributed by atoms with E-state index in [4.69, 9.17) is 0 Å². The molecular weight excluding hydrogens is 326 g/mol. The number of fused-ring (bicyclic) bond motifs is 1. The van der Waals surface area contributed by atoms with Gasteiger partial charge in [-0.1, -0.05) is 30.3 Å². The van der Waals surface area contributed by atoms with Crippen molar-refractivity contribution >= 4 is 26.6 Å². The van der Waals surface area contributed by atoms with Gasteiger partial charge >= 0.3 is 0 Å². The lowest BCUT2D eigenvalue weighted by atomic mass is 10.1. The van der Waals surface area contributed by atoms with Gasteiger partial charge in [0.15, 0.2) is 15.5 Å². The smallest absolute Gasteiger partial charge is 0.272 e. The van der Waals surface area contributed by atoms with Crippen LogP contribution in [-0.2, 0) is 9.84 Å². The maximum Gasteiger partial charge on any atom is 0.272 e. The van der Waals surface area contributed by atoms with Crippen LogP contribution in [0.2, 0.25) is 0 Å². The predicted molar refractivity (Wildman–Crippen MR) is 91.5 cm³/mol. The number of carbonyl (C=O) groups is 1. The maximum absolute atomic E-state index is 12.4. The van der Waals surface area contributed by atoms with E-state index in [1.165, 1.54) is 12.1 Å². The summed E-state index contributed by atoms with van der Waals surface area (Å²) in [6, 6.07) is 13.6. The van der Waals surface area contributed by atoms with E-state index in [0.29, 0.717) is 5.69 Å². The average molecular weight is 343 g/mol. The van der Waals surface area contributed by atoms with Gasteiger partial charge in [-0.3, -0.25) is 9.89 Å². The van der Waals surface area contributed by atoms with Crippen LogP contribution in [0.5, 0.6) is 0 Å². The largest absolute Gasteiger partial charge is 0.344 e. The van der Waals surface area contributed by atoms with E-state index in [0.717, 1.165) is 22.7 Å². The summed E-state index contributed by atoms with van der Waals surface area (Å²) in [5.41, 5.74) is 1.95. The topological polar surface area (TPSA) is 91.9 Å². The van der Waals surface area contributed by atoms with Gasteiger partial charge in [-0.25, -0.2) is 8.42 Å². The molecule has 0 aliphatic rings. The van der Waals surface area contributed by atoms with Gasteiger partial charge in [0.1, 0.15) is 0 Å². The Labute approximate surface area is 139 Å². The molecule has 1 amide bonds. The molecule has 2 aromatic carbocycles. The quantitative estimate of drug-likeness (QED) is 0.761. The summed E-state index contributed by atoms with van der Waals surface area (Å²) in [6.07, 6.45) is 1.16. The number of aromatic nitrogens is 2. The fraction of sp³-hybridized carbons (Fsp3) is 0.176. The van der Waals surface area contributed by atoms with E-state index in [1.807, 2.05) is 31.2 Å². The molecule has 0 spiro atoms. The second-order valence-electron chi connectivity index (χ2n) is 5.65. The van der Waals surface area contributed by atoms with Crippen molar-refractivity contribution in [1.29, 1.82) is 0 Å². The highest BCUT2D eigenvalue weighted by molar-refractivity contribution is 7.90. The highest BCUT2D eigenvalue weighted by Gasteiger charge is 2.17. The lowest BCUT2D eigenvalue weighted by Gasteiger charge is -2.14. The minimum absolute atomic E-state index is 0.253. The third-order valence-electron chi connectivity index (χ3n) is 3.84. The number of para-hydroxylation sites is 1. The molecule has 0 saturated carbocycles. The monoisotopic (exact) mass is 343 g/mol. The van der Waals surface area contributed by atoms with Crippen LogP contribution in [0.1, 0.15) is 29.0 Å². The Hall–Kier alpha value is -2.67. The van der Waals surface area contributed by atoms with Crippen LogP contribution in [0, 0.1) is 0 Å². The van der Waals surface area contributed by atoms with Gasteiger partial charge in [-0.2, -0.15) is 5.10 Å². The van der Waals surface area contributed by atoms with Crippen LogP contribution in [0.15, 0.2) is 53.4 Å². The molecule has 1 aromatic heterocycles. The first kappa shape index (κ1) is 16.2. The van der Waals surface area contributed by atoms with Crippen molar-refractivity contribution in [2.75, 3.05) is 6.26 Å². The molecule has 0 aliphatic carbocycles. The van der Waals surface area contributed by atoms with E-state index in [-0.39, 0.29) is 16.8 Å². The summed E-state index contributed by atoms with van der Waals surface area (Å²) < 4.78 is 23.0. The van der Waals surface area contributed by atoms with Gasteiger partial charge in [-0.05, 0) is 30.7 Å². The van der Waals surface area contributed by atoms with Crippen LogP contribution >= 0.6 is 0 Å². The van der Waals surface area contributed by atoms with Crippen molar-refractivity contribution < 1.29 is 13.2 Å². The zero-order chi connectivity index (χ0) is 17.3. The number of hydrogen-bond donors (Lipinski definition) is 2. The Balaban J connectivity index is 1.79. The minimum atomic E-state index is -3.23. The number of nitrogens with one attached hydrogen (secondary N) is 2. The van der Waals surface area contributed by atoms with Crippen LogP contribution < -0.4 is 5.32 Å². The number of rotatable bonds is 4. The fourth-order valence-electron chi connectivity index (χ4n) is 2.49. The molecule has 1 atom stereocenters. The second kappa shape index (κ2) is 6.09. The van der Waals surface area contributed by atoms with Crippen molar-refractivity contribution in [3.63, 3.8) is 0 Å². The number of H-pyrrole nitrogens is 1. The number of hydrogen-bond acceptors (Lipinski definition) is 4. The number of amides is 1. The summed E-state index contributed by atoms with van der Waals surface area (Å²) in [7, 11) is -3.23. The maximum atomic E-state index is 12.4. The summed E-state index contributed by atoms with van der Waals surface area (Å²) in [4.78, 5) is 12.7. The number of sulfone groups is 1. The summed E-state index contributed by atoms with van der Waals surface area (Å²) in [5.74, 6) is -0.285. The van der Waals surface area contributed by atoms with Gasteiger partial charge in [0.2, 0.25) is 0 Å². The molecule has 3 aromatic rings. The molecule has 6 nitrogen and oxygen atoms in total. The lowest BCUT2D eigenvalue weighted by molar-refractivity contribution is 0.0936. The summed E-state index contributed by atoms with van der Waals surface area (Å²) in [5, 5.41) is 10.5. The molecule has 0 unspecified atom stereocenters. The van der Waals surface area contributed by atoms with Crippen molar-refractivity contribution in [2.24, 2.45) is 0 Å². The molecule has 0 radical (unpaired) electrons. The standard InChI is InChI=1S/C17H17N3O3S/c1-11(12-7-9-13(10-8-12)24(2,22)23)18-17(21)16-14-5-3-4-6-15(14)19-20-16/h3-11H,1-2H3,(H,18,21)(H,19,20)/t11-/m1/s1. The zero-order valence-electron chi connectivity index (χ0n) is 13.3. The van der Waals surface area contributed by atoms with Crippen molar-refractivity contribution in [3.05, 3.63) is 59.8 Å². The molecule has 0 fully saturated rings. The van der Waals surface area contributed by atoms with Gasteiger partial charge < -0.3 is 5.32 Å². The number of carbonyl (C=O) groups excluding carboxylic acids is 1. The summed E-state index contributed by atoms with van der Waals surface area (Å²) in [6.45, 7) is 1.84. The number of aromatic amines is 1. The van der Waals surface area contributed by atoms with E-state index < -0.39 is 9.84 Å². The minimum Gasteiger partial charge on any atom is -0.344 e. The van der Waals surface area contributed by atoms with Crippen LogP contribution in [0.3, 0.4) is 0 Å². The van der Waals surface area contributed by atoms with Gasteiger partial charge in [0, 0.05) is 11.6 Å². The molecule has 24 heavy (non-hydrogen) atoms. The molecule has 3 rings (SSSR count). The first-order valence-corrected chi connectivity index (χ1v) is 9.29. The van der Waals surface area contributed by atoms with E-state index in [9.17, 15) is 13.2 Å². The second-order valence-corrected chi connectivity index (χ2v) is 7.67. The Morgan fingerprint density at radius 1 is 1.12 bits per heavy atom. The molecule has 0 aliphatic heterocycles. The molecular formula is C17H17N3O3S. The Kier molecular flexibility index (Phi) is 4.11. The van der Waals surface area contributed by atoms with E-state index in [2.05, 4.69) is 15.5 Å². The lowest BCUT2D eigenvalue weighted by Crippen LogP contribution is -2.27. The van der Waals surface area contributed by atoms with Crippen LogP contribution in [0.25, 0.3) is 10.9 Å². The van der Waals surface area contributed by atoms with Crippen molar-refractivity contribution in [1.82, 2.24) is 15.5 Å². The molecule has 7 heteroatoms. The first-order chi connectivity index (χ1) is 11.4. The number of benzene rings is 2. The normalized spacial score (nSPS) is 12.9. The van der Waals surface area contributed by atoms with Gasteiger partial charge in [-0.15, -0.1) is 0 Å². The van der Waals surface area contributed by atoms with Crippen LogP contribution in [0.4, 0.5) is 0 Å². The Bertz CT molecular complexity index is 991. The molecule has 2 N–H and O–H groups in total. The fourth-order valence-corrected chi connectivity index (χ4v) is 3.12. The Morgan fingerprint density at radius 3 is 2.46 bits per heavy atom.